The Kier molecular flexibility index (Phi) is 4.66. The highest BCUT2D eigenvalue weighted by Gasteiger charge is 2.22. The lowest BCUT2D eigenvalue weighted by atomic mass is 10.1. The van der Waals surface area contributed by atoms with Crippen molar-refractivity contribution in [3.63, 3.8) is 0 Å². The molecule has 7 heteroatoms. The molecule has 1 aromatic rings. The molecule has 7 nitrogen and oxygen atoms in total. The van der Waals surface area contributed by atoms with E-state index in [-0.39, 0.29) is 18.4 Å². The monoisotopic (exact) mass is 319 g/mol. The van der Waals surface area contributed by atoms with Crippen molar-refractivity contribution >= 4 is 11.8 Å². The van der Waals surface area contributed by atoms with Gasteiger partial charge in [0.15, 0.2) is 11.5 Å². The van der Waals surface area contributed by atoms with Gasteiger partial charge in [-0.2, -0.15) is 0 Å². The topological polar surface area (TPSA) is 71.1 Å². The van der Waals surface area contributed by atoms with E-state index in [0.717, 1.165) is 13.1 Å². The second-order valence-electron chi connectivity index (χ2n) is 5.65. The third-order valence-electron chi connectivity index (χ3n) is 3.98. The summed E-state index contributed by atoms with van der Waals surface area (Å²) in [6, 6.07) is 5.10. The molecule has 0 aromatic heterocycles. The number of fused-ring (bicyclic) bond motifs is 1. The van der Waals surface area contributed by atoms with Crippen LogP contribution in [0.25, 0.3) is 0 Å². The van der Waals surface area contributed by atoms with Gasteiger partial charge >= 0.3 is 0 Å². The standard InChI is InChI=1S/C16H21N3O4/c1-18(11-15(20)19-6-4-17-5-7-19)16(21)12-2-3-13-14(10-12)23-9-8-22-13/h2-3,10,17H,4-9,11H2,1H3. The van der Waals surface area contributed by atoms with E-state index >= 15 is 0 Å². The Hall–Kier alpha value is -2.28. The van der Waals surface area contributed by atoms with Gasteiger partial charge in [0.2, 0.25) is 5.91 Å². The first kappa shape index (κ1) is 15.6. The number of nitrogens with one attached hydrogen (secondary N) is 1. The number of ether oxygens (including phenoxy) is 2. The Morgan fingerprint density at radius 1 is 1.17 bits per heavy atom. The van der Waals surface area contributed by atoms with E-state index < -0.39 is 0 Å². The van der Waals surface area contributed by atoms with Crippen LogP contribution in [0.4, 0.5) is 0 Å². The number of likely N-dealkylation sites (N-methyl/N-ethyl adjacent to an activating group) is 1. The minimum atomic E-state index is -0.203. The van der Waals surface area contributed by atoms with E-state index in [2.05, 4.69) is 5.32 Å². The van der Waals surface area contributed by atoms with Gasteiger partial charge in [0, 0.05) is 38.8 Å². The lowest BCUT2D eigenvalue weighted by Crippen LogP contribution is -2.49. The smallest absolute Gasteiger partial charge is 0.254 e. The zero-order valence-corrected chi connectivity index (χ0v) is 13.2. The van der Waals surface area contributed by atoms with Crippen molar-refractivity contribution in [2.75, 3.05) is 53.0 Å². The fourth-order valence-electron chi connectivity index (χ4n) is 2.69. The number of carbonyl (C=O) groups excluding carboxylic acids is 2. The van der Waals surface area contributed by atoms with Crippen LogP contribution in [0.1, 0.15) is 10.4 Å². The molecule has 0 radical (unpaired) electrons. The molecule has 0 spiro atoms. The van der Waals surface area contributed by atoms with Crippen LogP contribution in [0.3, 0.4) is 0 Å². The Morgan fingerprint density at radius 2 is 1.87 bits per heavy atom. The summed E-state index contributed by atoms with van der Waals surface area (Å²) in [7, 11) is 1.64. The molecule has 1 N–H and O–H groups in total. The molecule has 2 heterocycles. The van der Waals surface area contributed by atoms with Gasteiger partial charge in [0.05, 0.1) is 6.54 Å². The van der Waals surface area contributed by atoms with Crippen molar-refractivity contribution in [3.05, 3.63) is 23.8 Å². The van der Waals surface area contributed by atoms with Gasteiger partial charge in [-0.15, -0.1) is 0 Å². The third kappa shape index (κ3) is 3.56. The van der Waals surface area contributed by atoms with Crippen LogP contribution in [0.5, 0.6) is 11.5 Å². The zero-order valence-electron chi connectivity index (χ0n) is 13.2. The molecule has 0 unspecified atom stereocenters. The second kappa shape index (κ2) is 6.87. The second-order valence-corrected chi connectivity index (χ2v) is 5.65. The van der Waals surface area contributed by atoms with Gasteiger partial charge in [-0.05, 0) is 18.2 Å². The number of carbonyl (C=O) groups is 2. The molecule has 0 bridgehead atoms. The van der Waals surface area contributed by atoms with E-state index in [4.69, 9.17) is 9.47 Å². The predicted octanol–water partition coefficient (Wildman–Crippen LogP) is -0.0384. The average molecular weight is 319 g/mol. The highest BCUT2D eigenvalue weighted by molar-refractivity contribution is 5.97. The first-order valence-corrected chi connectivity index (χ1v) is 7.79. The third-order valence-corrected chi connectivity index (χ3v) is 3.98. The van der Waals surface area contributed by atoms with Gasteiger partial charge in [0.1, 0.15) is 13.2 Å². The van der Waals surface area contributed by atoms with Gasteiger partial charge in [-0.3, -0.25) is 9.59 Å². The van der Waals surface area contributed by atoms with Crippen LogP contribution >= 0.6 is 0 Å². The normalized spacial score (nSPS) is 16.8. The molecular weight excluding hydrogens is 298 g/mol. The Bertz CT molecular complexity index is 599. The molecule has 1 aromatic carbocycles. The minimum absolute atomic E-state index is 0.0279. The number of amides is 2. The van der Waals surface area contributed by atoms with Gasteiger partial charge < -0.3 is 24.6 Å². The number of piperazine rings is 1. The molecule has 2 amide bonds. The minimum Gasteiger partial charge on any atom is -0.486 e. The van der Waals surface area contributed by atoms with Crippen molar-refractivity contribution in [1.82, 2.24) is 15.1 Å². The van der Waals surface area contributed by atoms with Crippen LogP contribution < -0.4 is 14.8 Å². The van der Waals surface area contributed by atoms with E-state index in [9.17, 15) is 9.59 Å². The van der Waals surface area contributed by atoms with E-state index in [1.807, 2.05) is 0 Å². The maximum absolute atomic E-state index is 12.5. The summed E-state index contributed by atoms with van der Waals surface area (Å²) < 4.78 is 10.9. The molecule has 0 aliphatic carbocycles. The van der Waals surface area contributed by atoms with E-state index in [1.165, 1.54) is 4.90 Å². The molecule has 2 aliphatic heterocycles. The summed E-state index contributed by atoms with van der Waals surface area (Å²) in [6.45, 7) is 4.03. The van der Waals surface area contributed by atoms with Crippen LogP contribution in [0.15, 0.2) is 18.2 Å². The Morgan fingerprint density at radius 3 is 2.61 bits per heavy atom. The van der Waals surface area contributed by atoms with Crippen LogP contribution in [0.2, 0.25) is 0 Å². The maximum atomic E-state index is 12.5. The lowest BCUT2D eigenvalue weighted by molar-refractivity contribution is -0.132. The summed E-state index contributed by atoms with van der Waals surface area (Å²) in [5.41, 5.74) is 0.491. The highest BCUT2D eigenvalue weighted by Crippen LogP contribution is 2.31. The van der Waals surface area contributed by atoms with E-state index in [0.29, 0.717) is 43.4 Å². The molecule has 2 aliphatic rings. The van der Waals surface area contributed by atoms with Gasteiger partial charge in [-0.25, -0.2) is 0 Å². The first-order valence-electron chi connectivity index (χ1n) is 7.79. The van der Waals surface area contributed by atoms with Gasteiger partial charge in [-0.1, -0.05) is 0 Å². The summed E-state index contributed by atoms with van der Waals surface area (Å²) in [5, 5.41) is 3.20. The first-order chi connectivity index (χ1) is 11.1. The summed E-state index contributed by atoms with van der Waals surface area (Å²) in [4.78, 5) is 28.0. The zero-order chi connectivity index (χ0) is 16.2. The fourth-order valence-corrected chi connectivity index (χ4v) is 2.69. The molecule has 0 saturated carbocycles. The Labute approximate surface area is 135 Å². The number of benzene rings is 1. The van der Waals surface area contributed by atoms with Gasteiger partial charge in [0.25, 0.3) is 5.91 Å². The van der Waals surface area contributed by atoms with Crippen molar-refractivity contribution in [2.24, 2.45) is 0 Å². The average Bonchev–Trinajstić information content (AvgIpc) is 2.61. The SMILES string of the molecule is CN(CC(=O)N1CCNCC1)C(=O)c1ccc2c(c1)OCCO2. The maximum Gasteiger partial charge on any atom is 0.254 e. The molecular formula is C16H21N3O4. The molecule has 1 saturated heterocycles. The molecule has 0 atom stereocenters. The number of hydrogen-bond acceptors (Lipinski definition) is 5. The fraction of sp³-hybridized carbons (Fsp3) is 0.500. The number of hydrogen-bond donors (Lipinski definition) is 1. The van der Waals surface area contributed by atoms with Crippen LogP contribution in [0, 0.1) is 0 Å². The van der Waals surface area contributed by atoms with E-state index in [1.54, 1.807) is 30.1 Å². The van der Waals surface area contributed by atoms with Crippen molar-refractivity contribution in [2.45, 2.75) is 0 Å². The molecule has 124 valence electrons. The van der Waals surface area contributed by atoms with Crippen LogP contribution in [-0.2, 0) is 4.79 Å². The summed E-state index contributed by atoms with van der Waals surface area (Å²) >= 11 is 0. The van der Waals surface area contributed by atoms with Crippen molar-refractivity contribution in [3.8, 4) is 11.5 Å². The van der Waals surface area contributed by atoms with Crippen molar-refractivity contribution in [1.29, 1.82) is 0 Å². The highest BCUT2D eigenvalue weighted by atomic mass is 16.6. The predicted molar refractivity (Wildman–Crippen MR) is 83.8 cm³/mol. The quantitative estimate of drug-likeness (QED) is 0.847. The molecule has 23 heavy (non-hydrogen) atoms. The van der Waals surface area contributed by atoms with Crippen molar-refractivity contribution < 1.29 is 19.1 Å². The summed E-state index contributed by atoms with van der Waals surface area (Å²) in [5.74, 6) is 0.988. The number of rotatable bonds is 3. The summed E-state index contributed by atoms with van der Waals surface area (Å²) in [6.07, 6.45) is 0. The lowest BCUT2D eigenvalue weighted by Gasteiger charge is -2.29. The Balaban J connectivity index is 1.63. The molecule has 3 rings (SSSR count). The molecule has 1 fully saturated rings. The largest absolute Gasteiger partial charge is 0.486 e. The van der Waals surface area contributed by atoms with Crippen LogP contribution in [-0.4, -0.2) is 74.6 Å². The number of nitrogens with zero attached hydrogens (tertiary/aromatic N) is 2.